The zero-order chi connectivity index (χ0) is 11.5. The Morgan fingerprint density at radius 2 is 2.25 bits per heavy atom. The Labute approximate surface area is 123 Å². The van der Waals surface area contributed by atoms with Gasteiger partial charge in [-0.3, -0.25) is 0 Å². The van der Waals surface area contributed by atoms with Crippen molar-refractivity contribution in [1.82, 2.24) is 9.97 Å². The van der Waals surface area contributed by atoms with E-state index >= 15 is 0 Å². The van der Waals surface area contributed by atoms with E-state index in [1.165, 1.54) is 11.5 Å². The molecular formula is C10H12ClIN2S2. The average molecular weight is 387 g/mol. The number of thioether (sulfide) groups is 2. The monoisotopic (exact) mass is 386 g/mol. The van der Waals surface area contributed by atoms with Gasteiger partial charge in [0.15, 0.2) is 0 Å². The van der Waals surface area contributed by atoms with Crippen molar-refractivity contribution >= 4 is 57.7 Å². The van der Waals surface area contributed by atoms with Crippen molar-refractivity contribution in [3.8, 4) is 0 Å². The van der Waals surface area contributed by atoms with E-state index in [4.69, 9.17) is 11.6 Å². The van der Waals surface area contributed by atoms with Gasteiger partial charge in [0.05, 0.1) is 8.82 Å². The van der Waals surface area contributed by atoms with Crippen molar-refractivity contribution in [1.29, 1.82) is 0 Å². The maximum atomic E-state index is 6.05. The van der Waals surface area contributed by atoms with Gasteiger partial charge in [-0.1, -0.05) is 18.5 Å². The minimum absolute atomic E-state index is 0.401. The predicted molar refractivity (Wildman–Crippen MR) is 81.5 cm³/mol. The minimum Gasteiger partial charge on any atom is -0.239 e. The number of nitrogens with zero attached hydrogens (tertiary/aromatic N) is 2. The van der Waals surface area contributed by atoms with Crippen molar-refractivity contribution in [2.45, 2.75) is 23.8 Å². The molecule has 2 heterocycles. The molecule has 1 saturated heterocycles. The molecule has 0 radical (unpaired) electrons. The third-order valence-corrected chi connectivity index (χ3v) is 7.07. The molecule has 1 fully saturated rings. The summed E-state index contributed by atoms with van der Waals surface area (Å²) in [5, 5.41) is 1.60. The normalized spacial score (nSPS) is 25.7. The predicted octanol–water partition coefficient (Wildman–Crippen LogP) is 4.03. The van der Waals surface area contributed by atoms with Crippen molar-refractivity contribution in [2.75, 3.05) is 11.5 Å². The molecule has 2 unspecified atom stereocenters. The molecule has 0 amide bonds. The fourth-order valence-corrected chi connectivity index (χ4v) is 5.03. The zero-order valence-corrected chi connectivity index (χ0v) is 13.4. The molecule has 2 atom stereocenters. The molecule has 1 aliphatic rings. The van der Waals surface area contributed by atoms with Gasteiger partial charge in [-0.25, -0.2) is 9.97 Å². The van der Waals surface area contributed by atoms with Crippen LogP contribution < -0.4 is 0 Å². The molecule has 2 rings (SSSR count). The van der Waals surface area contributed by atoms with Crippen LogP contribution in [0.2, 0.25) is 5.15 Å². The Hall–Kier alpha value is 0.800. The molecule has 1 aliphatic heterocycles. The smallest absolute Gasteiger partial charge is 0.146 e. The van der Waals surface area contributed by atoms with E-state index in [-0.39, 0.29) is 0 Å². The summed E-state index contributed by atoms with van der Waals surface area (Å²) >= 11 is 12.2. The van der Waals surface area contributed by atoms with Crippen LogP contribution in [0.1, 0.15) is 24.4 Å². The third kappa shape index (κ3) is 2.97. The average Bonchev–Trinajstić information content (AvgIpc) is 2.32. The topological polar surface area (TPSA) is 25.8 Å². The van der Waals surface area contributed by atoms with E-state index < -0.39 is 0 Å². The fraction of sp³-hybridized carbons (Fsp3) is 0.600. The molecule has 0 aromatic carbocycles. The van der Waals surface area contributed by atoms with Crippen molar-refractivity contribution in [3.63, 3.8) is 0 Å². The highest BCUT2D eigenvalue weighted by atomic mass is 127. The largest absolute Gasteiger partial charge is 0.239 e. The second-order valence-electron chi connectivity index (χ2n) is 3.48. The molecular weight excluding hydrogens is 375 g/mol. The Bertz CT molecular complexity index is 378. The van der Waals surface area contributed by atoms with Crippen molar-refractivity contribution < 1.29 is 0 Å². The van der Waals surface area contributed by atoms with Crippen LogP contribution in [0.4, 0.5) is 0 Å². The molecule has 16 heavy (non-hydrogen) atoms. The van der Waals surface area contributed by atoms with Gasteiger partial charge in [-0.15, -0.1) is 11.8 Å². The second-order valence-corrected chi connectivity index (χ2v) is 7.59. The first-order valence-electron chi connectivity index (χ1n) is 5.13. The molecule has 1 aromatic heterocycles. The van der Waals surface area contributed by atoms with Crippen LogP contribution in [-0.4, -0.2) is 26.7 Å². The molecule has 2 nitrogen and oxygen atoms in total. The second kappa shape index (κ2) is 6.11. The molecule has 0 spiro atoms. The first kappa shape index (κ1) is 13.2. The molecule has 88 valence electrons. The van der Waals surface area contributed by atoms with Crippen LogP contribution in [-0.2, 0) is 0 Å². The van der Waals surface area contributed by atoms with E-state index in [1.807, 2.05) is 29.7 Å². The number of aromatic nitrogens is 2. The molecule has 0 saturated carbocycles. The Balaban J connectivity index is 2.23. The fourth-order valence-electron chi connectivity index (χ4n) is 1.64. The van der Waals surface area contributed by atoms with Gasteiger partial charge in [0.1, 0.15) is 11.0 Å². The van der Waals surface area contributed by atoms with Gasteiger partial charge in [-0.05, 0) is 29.0 Å². The Kier molecular flexibility index (Phi) is 5.05. The van der Waals surface area contributed by atoms with Crippen molar-refractivity contribution in [2.24, 2.45) is 0 Å². The summed E-state index contributed by atoms with van der Waals surface area (Å²) in [6.07, 6.45) is 2.98. The van der Waals surface area contributed by atoms with Crippen LogP contribution in [0, 0.1) is 3.57 Å². The molecule has 0 bridgehead atoms. The molecule has 6 heteroatoms. The van der Waals surface area contributed by atoms with Gasteiger partial charge in [0.2, 0.25) is 0 Å². The van der Waals surface area contributed by atoms with Gasteiger partial charge >= 0.3 is 0 Å². The van der Waals surface area contributed by atoms with Crippen molar-refractivity contribution in [3.05, 3.63) is 20.7 Å². The molecule has 0 aliphatic carbocycles. The standard InChI is InChI=1S/C10H12ClIN2S2/c1-2-7-8(16-4-3-15-7)10-13-5-6(12)9(11)14-10/h5,7-8H,2-4H2,1H3. The lowest BCUT2D eigenvalue weighted by Crippen LogP contribution is -2.20. The molecule has 1 aromatic rings. The van der Waals surface area contributed by atoms with Crippen LogP contribution in [0.5, 0.6) is 0 Å². The Morgan fingerprint density at radius 1 is 1.50 bits per heavy atom. The highest BCUT2D eigenvalue weighted by Crippen LogP contribution is 2.42. The summed E-state index contributed by atoms with van der Waals surface area (Å²) < 4.78 is 0.921. The lowest BCUT2D eigenvalue weighted by Gasteiger charge is -2.28. The van der Waals surface area contributed by atoms with Crippen LogP contribution >= 0.6 is 57.7 Å². The minimum atomic E-state index is 0.401. The maximum Gasteiger partial charge on any atom is 0.146 e. The SMILES string of the molecule is CCC1SCCSC1c1ncc(I)c(Cl)n1. The number of hydrogen-bond donors (Lipinski definition) is 0. The maximum absolute atomic E-state index is 6.05. The van der Waals surface area contributed by atoms with E-state index in [0.717, 1.165) is 15.8 Å². The highest BCUT2D eigenvalue weighted by Gasteiger charge is 2.28. The van der Waals surface area contributed by atoms with E-state index in [0.29, 0.717) is 15.7 Å². The van der Waals surface area contributed by atoms with E-state index in [1.54, 1.807) is 0 Å². The summed E-state index contributed by atoms with van der Waals surface area (Å²) in [6.45, 7) is 2.23. The molecule has 0 N–H and O–H groups in total. The lowest BCUT2D eigenvalue weighted by atomic mass is 10.2. The van der Waals surface area contributed by atoms with Crippen LogP contribution in [0.3, 0.4) is 0 Å². The summed E-state index contributed by atoms with van der Waals surface area (Å²) in [6, 6.07) is 0. The zero-order valence-electron chi connectivity index (χ0n) is 8.82. The lowest BCUT2D eigenvalue weighted by molar-refractivity contribution is 0.748. The first-order chi connectivity index (χ1) is 7.72. The summed E-state index contributed by atoms with van der Waals surface area (Å²) in [7, 11) is 0. The van der Waals surface area contributed by atoms with Gasteiger partial charge in [0.25, 0.3) is 0 Å². The highest BCUT2D eigenvalue weighted by molar-refractivity contribution is 14.1. The first-order valence-corrected chi connectivity index (χ1v) is 8.69. The van der Waals surface area contributed by atoms with Crippen LogP contribution in [0.15, 0.2) is 6.20 Å². The number of hydrogen-bond acceptors (Lipinski definition) is 4. The summed E-state index contributed by atoms with van der Waals surface area (Å²) in [5.41, 5.74) is 0. The number of halogens is 2. The summed E-state index contributed by atoms with van der Waals surface area (Å²) in [4.78, 5) is 8.83. The van der Waals surface area contributed by atoms with Gasteiger partial charge in [0, 0.05) is 23.0 Å². The van der Waals surface area contributed by atoms with E-state index in [9.17, 15) is 0 Å². The quantitative estimate of drug-likeness (QED) is 0.566. The van der Waals surface area contributed by atoms with E-state index in [2.05, 4.69) is 39.5 Å². The van der Waals surface area contributed by atoms with Crippen LogP contribution in [0.25, 0.3) is 0 Å². The Morgan fingerprint density at radius 3 is 2.94 bits per heavy atom. The summed E-state index contributed by atoms with van der Waals surface area (Å²) in [5.74, 6) is 3.31. The third-order valence-electron chi connectivity index (χ3n) is 2.43. The van der Waals surface area contributed by atoms with Gasteiger partial charge < -0.3 is 0 Å². The number of rotatable bonds is 2. The van der Waals surface area contributed by atoms with Gasteiger partial charge in [-0.2, -0.15) is 11.8 Å².